The Bertz CT molecular complexity index is 320. The molecular weight excluding hydrogens is 208 g/mol. The number of rotatable bonds is 4. The summed E-state index contributed by atoms with van der Waals surface area (Å²) in [6.07, 6.45) is 4.01. The molecule has 0 spiro atoms. The maximum atomic E-state index is 11.6. The van der Waals surface area contributed by atoms with Gasteiger partial charge in [0.1, 0.15) is 0 Å². The van der Waals surface area contributed by atoms with E-state index in [0.29, 0.717) is 24.7 Å². The third-order valence-electron chi connectivity index (χ3n) is 2.78. The van der Waals surface area contributed by atoms with Crippen molar-refractivity contribution in [1.82, 2.24) is 20.8 Å². The Morgan fingerprint density at radius 1 is 1.56 bits per heavy atom. The largest absolute Gasteiger partial charge is 0.349 e. The van der Waals surface area contributed by atoms with Gasteiger partial charge in [0.25, 0.3) is 0 Å². The SMILES string of the molecule is O=C(CC1CCNCC1)NCc1ncon1. The number of aromatic nitrogens is 2. The van der Waals surface area contributed by atoms with E-state index < -0.39 is 0 Å². The lowest BCUT2D eigenvalue weighted by atomic mass is 9.94. The molecule has 1 fully saturated rings. The summed E-state index contributed by atoms with van der Waals surface area (Å²) in [5.74, 6) is 1.09. The summed E-state index contributed by atoms with van der Waals surface area (Å²) in [7, 11) is 0. The van der Waals surface area contributed by atoms with Gasteiger partial charge in [0.2, 0.25) is 12.3 Å². The molecule has 1 saturated heterocycles. The molecule has 2 N–H and O–H groups in total. The molecular formula is C10H16N4O2. The van der Waals surface area contributed by atoms with E-state index in [-0.39, 0.29) is 5.91 Å². The second-order valence-electron chi connectivity index (χ2n) is 4.02. The highest BCUT2D eigenvalue weighted by Gasteiger charge is 2.16. The van der Waals surface area contributed by atoms with Crippen LogP contribution < -0.4 is 10.6 Å². The first kappa shape index (κ1) is 11.1. The van der Waals surface area contributed by atoms with E-state index in [1.54, 1.807) is 0 Å². The van der Waals surface area contributed by atoms with Gasteiger partial charge in [-0.15, -0.1) is 0 Å². The summed E-state index contributed by atoms with van der Waals surface area (Å²) < 4.78 is 4.58. The quantitative estimate of drug-likeness (QED) is 0.756. The topological polar surface area (TPSA) is 80.0 Å². The summed E-state index contributed by atoms with van der Waals surface area (Å²) in [6, 6.07) is 0. The van der Waals surface area contributed by atoms with E-state index in [2.05, 4.69) is 25.3 Å². The lowest BCUT2D eigenvalue weighted by molar-refractivity contribution is -0.122. The molecule has 88 valence electrons. The molecule has 16 heavy (non-hydrogen) atoms. The monoisotopic (exact) mass is 224 g/mol. The lowest BCUT2D eigenvalue weighted by Gasteiger charge is -2.21. The number of hydrogen-bond acceptors (Lipinski definition) is 5. The van der Waals surface area contributed by atoms with E-state index in [1.165, 1.54) is 6.39 Å². The van der Waals surface area contributed by atoms with Crippen LogP contribution in [0.1, 0.15) is 25.1 Å². The summed E-state index contributed by atoms with van der Waals surface area (Å²) in [4.78, 5) is 15.4. The molecule has 1 aliphatic rings. The van der Waals surface area contributed by atoms with Crippen molar-refractivity contribution >= 4 is 5.91 Å². The molecule has 1 aromatic heterocycles. The van der Waals surface area contributed by atoms with E-state index in [4.69, 9.17) is 0 Å². The summed E-state index contributed by atoms with van der Waals surface area (Å²) in [5, 5.41) is 9.69. The second-order valence-corrected chi connectivity index (χ2v) is 4.02. The van der Waals surface area contributed by atoms with Crippen LogP contribution in [0.4, 0.5) is 0 Å². The van der Waals surface area contributed by atoms with Crippen molar-refractivity contribution in [3.63, 3.8) is 0 Å². The van der Waals surface area contributed by atoms with Crippen LogP contribution in [0.25, 0.3) is 0 Å². The maximum absolute atomic E-state index is 11.6. The molecule has 0 atom stereocenters. The van der Waals surface area contributed by atoms with E-state index in [1.807, 2.05) is 0 Å². The molecule has 0 radical (unpaired) electrons. The predicted octanol–water partition coefficient (Wildman–Crippen LogP) is 0.0755. The van der Waals surface area contributed by atoms with Gasteiger partial charge in [-0.1, -0.05) is 5.16 Å². The van der Waals surface area contributed by atoms with Crippen LogP contribution in [0.5, 0.6) is 0 Å². The molecule has 0 unspecified atom stereocenters. The summed E-state index contributed by atoms with van der Waals surface area (Å²) in [5.41, 5.74) is 0. The van der Waals surface area contributed by atoms with Crippen LogP contribution in [0.2, 0.25) is 0 Å². The van der Waals surface area contributed by atoms with Gasteiger partial charge in [-0.25, -0.2) is 0 Å². The molecule has 1 amide bonds. The number of nitrogens with one attached hydrogen (secondary N) is 2. The zero-order valence-electron chi connectivity index (χ0n) is 9.11. The normalized spacial score (nSPS) is 17.2. The first-order valence-electron chi connectivity index (χ1n) is 5.57. The average molecular weight is 224 g/mol. The fourth-order valence-corrected chi connectivity index (χ4v) is 1.87. The summed E-state index contributed by atoms with van der Waals surface area (Å²) >= 11 is 0. The second kappa shape index (κ2) is 5.60. The van der Waals surface area contributed by atoms with Crippen molar-refractivity contribution in [3.05, 3.63) is 12.2 Å². The number of piperidine rings is 1. The van der Waals surface area contributed by atoms with Crippen LogP contribution in [0.3, 0.4) is 0 Å². The molecule has 6 heteroatoms. The fraction of sp³-hybridized carbons (Fsp3) is 0.700. The van der Waals surface area contributed by atoms with Gasteiger partial charge < -0.3 is 15.2 Å². The van der Waals surface area contributed by atoms with Crippen LogP contribution in [0, 0.1) is 5.92 Å². The zero-order chi connectivity index (χ0) is 11.2. The molecule has 0 aliphatic carbocycles. The van der Waals surface area contributed by atoms with Gasteiger partial charge in [-0.05, 0) is 31.8 Å². The van der Waals surface area contributed by atoms with E-state index in [9.17, 15) is 4.79 Å². The third-order valence-corrected chi connectivity index (χ3v) is 2.78. The highest BCUT2D eigenvalue weighted by molar-refractivity contribution is 5.76. The fourth-order valence-electron chi connectivity index (χ4n) is 1.87. The minimum Gasteiger partial charge on any atom is -0.349 e. The van der Waals surface area contributed by atoms with Crippen LogP contribution in [-0.2, 0) is 11.3 Å². The number of carbonyl (C=O) groups excluding carboxylic acids is 1. The van der Waals surface area contributed by atoms with E-state index >= 15 is 0 Å². The van der Waals surface area contributed by atoms with Gasteiger partial charge in [0, 0.05) is 6.42 Å². The highest BCUT2D eigenvalue weighted by Crippen LogP contribution is 2.15. The van der Waals surface area contributed by atoms with Crippen LogP contribution in [0.15, 0.2) is 10.9 Å². The smallest absolute Gasteiger partial charge is 0.220 e. The van der Waals surface area contributed by atoms with Crippen molar-refractivity contribution in [2.75, 3.05) is 13.1 Å². The van der Waals surface area contributed by atoms with Crippen LogP contribution in [-0.4, -0.2) is 29.1 Å². The number of nitrogens with zero attached hydrogens (tertiary/aromatic N) is 2. The lowest BCUT2D eigenvalue weighted by Crippen LogP contribution is -2.32. The molecule has 0 bridgehead atoms. The standard InChI is InChI=1S/C10H16N4O2/c15-10(5-8-1-3-11-4-2-8)12-6-9-13-7-16-14-9/h7-8,11H,1-6H2,(H,12,15). The predicted molar refractivity (Wildman–Crippen MR) is 56.4 cm³/mol. The Morgan fingerprint density at radius 2 is 2.38 bits per heavy atom. The van der Waals surface area contributed by atoms with Gasteiger partial charge in [-0.3, -0.25) is 4.79 Å². The van der Waals surface area contributed by atoms with Crippen LogP contribution >= 0.6 is 0 Å². The maximum Gasteiger partial charge on any atom is 0.220 e. The van der Waals surface area contributed by atoms with Crippen molar-refractivity contribution in [2.45, 2.75) is 25.8 Å². The minimum atomic E-state index is 0.0664. The Morgan fingerprint density at radius 3 is 3.06 bits per heavy atom. The number of amides is 1. The molecule has 1 aliphatic heterocycles. The average Bonchev–Trinajstić information content (AvgIpc) is 2.81. The third kappa shape index (κ3) is 3.30. The Hall–Kier alpha value is -1.43. The zero-order valence-corrected chi connectivity index (χ0v) is 9.11. The highest BCUT2D eigenvalue weighted by atomic mass is 16.5. The molecule has 2 heterocycles. The molecule has 0 saturated carbocycles. The van der Waals surface area contributed by atoms with Gasteiger partial charge in [0.05, 0.1) is 6.54 Å². The van der Waals surface area contributed by atoms with Crippen molar-refractivity contribution < 1.29 is 9.32 Å². The Kier molecular flexibility index (Phi) is 3.87. The minimum absolute atomic E-state index is 0.0664. The first-order chi connectivity index (χ1) is 7.84. The molecule has 6 nitrogen and oxygen atoms in total. The summed E-state index contributed by atoms with van der Waals surface area (Å²) in [6.45, 7) is 2.38. The number of carbonyl (C=O) groups is 1. The van der Waals surface area contributed by atoms with Gasteiger partial charge in [0.15, 0.2) is 5.82 Å². The molecule has 1 aromatic rings. The van der Waals surface area contributed by atoms with Crippen molar-refractivity contribution in [3.8, 4) is 0 Å². The Labute approximate surface area is 93.8 Å². The first-order valence-corrected chi connectivity index (χ1v) is 5.57. The van der Waals surface area contributed by atoms with Crippen molar-refractivity contribution in [2.24, 2.45) is 5.92 Å². The van der Waals surface area contributed by atoms with Gasteiger partial charge in [-0.2, -0.15) is 4.98 Å². The Balaban J connectivity index is 1.67. The molecule has 2 rings (SSSR count). The van der Waals surface area contributed by atoms with E-state index in [0.717, 1.165) is 25.9 Å². The van der Waals surface area contributed by atoms with Crippen molar-refractivity contribution in [1.29, 1.82) is 0 Å². The number of hydrogen-bond donors (Lipinski definition) is 2. The molecule has 0 aromatic carbocycles. The van der Waals surface area contributed by atoms with Gasteiger partial charge >= 0.3 is 0 Å².